The van der Waals surface area contributed by atoms with Crippen LogP contribution in [0.2, 0.25) is 0 Å². The van der Waals surface area contributed by atoms with Crippen LogP contribution in [0.3, 0.4) is 0 Å². The molecule has 0 saturated heterocycles. The maximum absolute atomic E-state index is 12.6. The van der Waals surface area contributed by atoms with Crippen molar-refractivity contribution in [1.82, 2.24) is 0 Å². The lowest BCUT2D eigenvalue weighted by Gasteiger charge is -2.08. The second-order valence-electron chi connectivity index (χ2n) is 2.70. The highest BCUT2D eigenvalue weighted by molar-refractivity contribution is 7.92. The van der Waals surface area contributed by atoms with Gasteiger partial charge in [-0.25, -0.2) is 12.8 Å². The molecule has 0 bridgehead atoms. The standard InChI is InChI=1S/C8H3F4NO2S/c9-6-1-2-7(5(3-6)4-13)16(14,15)8(10,11)12/h1-3H. The first kappa shape index (κ1) is 12.4. The predicted molar refractivity (Wildman–Crippen MR) is 44.4 cm³/mol. The van der Waals surface area contributed by atoms with E-state index in [1.807, 2.05) is 0 Å². The number of benzene rings is 1. The molecule has 0 radical (unpaired) electrons. The number of sulfone groups is 1. The molecule has 0 fully saturated rings. The Kier molecular flexibility index (Phi) is 2.92. The Morgan fingerprint density at radius 1 is 1.25 bits per heavy atom. The number of hydrogen-bond donors (Lipinski definition) is 0. The summed E-state index contributed by atoms with van der Waals surface area (Å²) in [4.78, 5) is -1.25. The van der Waals surface area contributed by atoms with Crippen molar-refractivity contribution in [1.29, 1.82) is 5.26 Å². The lowest BCUT2D eigenvalue weighted by atomic mass is 10.2. The van der Waals surface area contributed by atoms with Crippen LogP contribution in [0.25, 0.3) is 0 Å². The Morgan fingerprint density at radius 2 is 1.81 bits per heavy atom. The second kappa shape index (κ2) is 3.75. The SMILES string of the molecule is N#Cc1cc(F)ccc1S(=O)(=O)C(F)(F)F. The summed E-state index contributed by atoms with van der Waals surface area (Å²) >= 11 is 0. The van der Waals surface area contributed by atoms with Gasteiger partial charge in [0.1, 0.15) is 11.9 Å². The van der Waals surface area contributed by atoms with Gasteiger partial charge < -0.3 is 0 Å². The maximum Gasteiger partial charge on any atom is 0.501 e. The third kappa shape index (κ3) is 1.99. The van der Waals surface area contributed by atoms with Crippen molar-refractivity contribution in [3.05, 3.63) is 29.6 Å². The van der Waals surface area contributed by atoms with Crippen molar-refractivity contribution in [2.75, 3.05) is 0 Å². The summed E-state index contributed by atoms with van der Waals surface area (Å²) in [5, 5.41) is 8.42. The van der Waals surface area contributed by atoms with Gasteiger partial charge in [0.05, 0.1) is 10.5 Å². The van der Waals surface area contributed by atoms with Crippen molar-refractivity contribution < 1.29 is 26.0 Å². The average Bonchev–Trinajstić information content (AvgIpc) is 2.15. The van der Waals surface area contributed by atoms with Crippen molar-refractivity contribution in [3.8, 4) is 6.07 Å². The topological polar surface area (TPSA) is 57.9 Å². The zero-order chi connectivity index (χ0) is 12.6. The molecule has 0 aliphatic carbocycles. The van der Waals surface area contributed by atoms with Crippen molar-refractivity contribution >= 4 is 9.84 Å². The van der Waals surface area contributed by atoms with E-state index in [1.54, 1.807) is 0 Å². The van der Waals surface area contributed by atoms with E-state index in [0.717, 1.165) is 0 Å². The first-order valence-electron chi connectivity index (χ1n) is 3.71. The number of halogens is 4. The number of nitriles is 1. The van der Waals surface area contributed by atoms with E-state index in [4.69, 9.17) is 5.26 Å². The summed E-state index contributed by atoms with van der Waals surface area (Å²) in [6.45, 7) is 0. The van der Waals surface area contributed by atoms with Gasteiger partial charge in [-0.15, -0.1) is 0 Å². The van der Waals surface area contributed by atoms with Gasteiger partial charge in [0, 0.05) is 0 Å². The summed E-state index contributed by atoms with van der Waals surface area (Å²) in [7, 11) is -5.63. The quantitative estimate of drug-likeness (QED) is 0.568. The highest BCUT2D eigenvalue weighted by atomic mass is 32.2. The minimum Gasteiger partial charge on any atom is -0.214 e. The van der Waals surface area contributed by atoms with E-state index in [2.05, 4.69) is 0 Å². The molecule has 0 aromatic heterocycles. The van der Waals surface area contributed by atoms with E-state index in [1.165, 1.54) is 6.07 Å². The molecule has 3 nitrogen and oxygen atoms in total. The van der Waals surface area contributed by atoms with E-state index in [-0.39, 0.29) is 0 Å². The predicted octanol–water partition coefficient (Wildman–Crippen LogP) is 1.99. The minimum absolute atomic E-state index is 0.413. The van der Waals surface area contributed by atoms with Gasteiger partial charge in [-0.05, 0) is 18.2 Å². The summed E-state index contributed by atoms with van der Waals surface area (Å²) in [5.41, 5.74) is -6.39. The van der Waals surface area contributed by atoms with E-state index in [9.17, 15) is 26.0 Å². The summed E-state index contributed by atoms with van der Waals surface area (Å²) in [6, 6.07) is 2.58. The molecule has 0 aliphatic rings. The lowest BCUT2D eigenvalue weighted by Crippen LogP contribution is -2.24. The molecule has 0 heterocycles. The van der Waals surface area contributed by atoms with Crippen molar-refractivity contribution in [3.63, 3.8) is 0 Å². The van der Waals surface area contributed by atoms with Crippen LogP contribution in [-0.4, -0.2) is 13.9 Å². The highest BCUT2D eigenvalue weighted by Crippen LogP contribution is 2.32. The molecule has 86 valence electrons. The molecule has 0 spiro atoms. The largest absolute Gasteiger partial charge is 0.501 e. The van der Waals surface area contributed by atoms with Crippen LogP contribution in [0, 0.1) is 17.1 Å². The van der Waals surface area contributed by atoms with E-state index in [0.29, 0.717) is 18.2 Å². The first-order valence-corrected chi connectivity index (χ1v) is 5.19. The maximum atomic E-state index is 12.6. The van der Waals surface area contributed by atoms with Gasteiger partial charge in [0.25, 0.3) is 9.84 Å². The Morgan fingerprint density at radius 3 is 2.25 bits per heavy atom. The van der Waals surface area contributed by atoms with Crippen LogP contribution >= 0.6 is 0 Å². The number of nitrogens with zero attached hydrogens (tertiary/aromatic N) is 1. The number of alkyl halides is 3. The number of hydrogen-bond acceptors (Lipinski definition) is 3. The van der Waals surface area contributed by atoms with E-state index < -0.39 is 31.6 Å². The summed E-state index contributed by atoms with van der Waals surface area (Å²) in [5.74, 6) is -0.988. The van der Waals surface area contributed by atoms with Crippen LogP contribution < -0.4 is 0 Å². The molecule has 0 saturated carbocycles. The molecular formula is C8H3F4NO2S. The van der Waals surface area contributed by atoms with Crippen LogP contribution in [0.15, 0.2) is 23.1 Å². The monoisotopic (exact) mass is 253 g/mol. The molecule has 1 aromatic carbocycles. The summed E-state index contributed by atoms with van der Waals surface area (Å²) < 4.78 is 70.9. The molecule has 0 unspecified atom stereocenters. The van der Waals surface area contributed by atoms with E-state index >= 15 is 0 Å². The molecular weight excluding hydrogens is 250 g/mol. The molecule has 1 rings (SSSR count). The molecule has 0 amide bonds. The summed E-state index contributed by atoms with van der Waals surface area (Å²) in [6.07, 6.45) is 0. The zero-order valence-electron chi connectivity index (χ0n) is 7.42. The fraction of sp³-hybridized carbons (Fsp3) is 0.125. The molecule has 0 atom stereocenters. The van der Waals surface area contributed by atoms with Gasteiger partial charge in [0.15, 0.2) is 0 Å². The van der Waals surface area contributed by atoms with Gasteiger partial charge in [-0.2, -0.15) is 18.4 Å². The normalized spacial score (nSPS) is 12.2. The zero-order valence-corrected chi connectivity index (χ0v) is 8.23. The second-order valence-corrected chi connectivity index (χ2v) is 4.61. The van der Waals surface area contributed by atoms with Crippen LogP contribution in [-0.2, 0) is 9.84 Å². The van der Waals surface area contributed by atoms with Crippen LogP contribution in [0.4, 0.5) is 17.6 Å². The van der Waals surface area contributed by atoms with Crippen molar-refractivity contribution in [2.24, 2.45) is 0 Å². The third-order valence-electron chi connectivity index (χ3n) is 1.66. The highest BCUT2D eigenvalue weighted by Gasteiger charge is 2.48. The Bertz CT molecular complexity index is 556. The molecule has 8 heteroatoms. The number of rotatable bonds is 1. The van der Waals surface area contributed by atoms with Crippen molar-refractivity contribution in [2.45, 2.75) is 10.4 Å². The lowest BCUT2D eigenvalue weighted by molar-refractivity contribution is -0.0436. The van der Waals surface area contributed by atoms with Crippen LogP contribution in [0.5, 0.6) is 0 Å². The fourth-order valence-electron chi connectivity index (χ4n) is 0.949. The van der Waals surface area contributed by atoms with Gasteiger partial charge in [-0.3, -0.25) is 0 Å². The van der Waals surface area contributed by atoms with Gasteiger partial charge >= 0.3 is 5.51 Å². The molecule has 0 aliphatic heterocycles. The molecule has 16 heavy (non-hydrogen) atoms. The average molecular weight is 253 g/mol. The molecule has 0 N–H and O–H groups in total. The Labute approximate surface area is 87.8 Å². The van der Waals surface area contributed by atoms with Gasteiger partial charge in [-0.1, -0.05) is 0 Å². The van der Waals surface area contributed by atoms with Gasteiger partial charge in [0.2, 0.25) is 0 Å². The first-order chi connectivity index (χ1) is 7.20. The minimum atomic E-state index is -5.63. The molecule has 1 aromatic rings. The third-order valence-corrected chi connectivity index (χ3v) is 3.20. The Balaban J connectivity index is 3.54. The van der Waals surface area contributed by atoms with Crippen LogP contribution in [0.1, 0.15) is 5.56 Å². The smallest absolute Gasteiger partial charge is 0.214 e. The Hall–Kier alpha value is -1.62. The fourth-order valence-corrected chi connectivity index (χ4v) is 1.84.